The van der Waals surface area contributed by atoms with E-state index in [1.807, 2.05) is 62.4 Å². The maximum absolute atomic E-state index is 12.9. The van der Waals surface area contributed by atoms with E-state index in [0.717, 1.165) is 29.6 Å². The Kier molecular flexibility index (Phi) is 3.52. The van der Waals surface area contributed by atoms with E-state index in [-0.39, 0.29) is 5.91 Å². The molecule has 0 aliphatic carbocycles. The van der Waals surface area contributed by atoms with Gasteiger partial charge < -0.3 is 5.32 Å². The first kappa shape index (κ1) is 16.0. The number of aldehydes is 1. The fraction of sp³-hybridized carbons (Fsp3) is 0.300. The molecule has 2 bridgehead atoms. The summed E-state index contributed by atoms with van der Waals surface area (Å²) in [6.07, 6.45) is 0.887. The van der Waals surface area contributed by atoms with Crippen molar-refractivity contribution in [1.29, 1.82) is 0 Å². The SMILES string of the molecule is CC1(C)C(=O)Nc2cccc(c2)C2(c3ccccc3C=O)NCCN12. The van der Waals surface area contributed by atoms with Crippen molar-refractivity contribution in [3.8, 4) is 0 Å². The molecule has 0 aromatic heterocycles. The van der Waals surface area contributed by atoms with E-state index in [0.29, 0.717) is 12.1 Å². The van der Waals surface area contributed by atoms with Crippen molar-refractivity contribution < 1.29 is 9.59 Å². The maximum Gasteiger partial charge on any atom is 0.244 e. The van der Waals surface area contributed by atoms with Gasteiger partial charge in [-0.25, -0.2) is 0 Å². The van der Waals surface area contributed by atoms with E-state index in [4.69, 9.17) is 0 Å². The minimum Gasteiger partial charge on any atom is -0.324 e. The van der Waals surface area contributed by atoms with E-state index in [9.17, 15) is 9.59 Å². The van der Waals surface area contributed by atoms with Gasteiger partial charge in [0.25, 0.3) is 0 Å². The lowest BCUT2D eigenvalue weighted by Gasteiger charge is -2.48. The summed E-state index contributed by atoms with van der Waals surface area (Å²) < 4.78 is 0. The summed E-state index contributed by atoms with van der Waals surface area (Å²) in [7, 11) is 0. The van der Waals surface area contributed by atoms with Crippen molar-refractivity contribution in [3.63, 3.8) is 0 Å². The number of hydrogen-bond acceptors (Lipinski definition) is 4. The first-order valence-corrected chi connectivity index (χ1v) is 8.49. The molecule has 2 N–H and O–H groups in total. The number of amides is 1. The molecule has 1 unspecified atom stereocenters. The Hall–Kier alpha value is -2.50. The number of nitrogens with one attached hydrogen (secondary N) is 2. The topological polar surface area (TPSA) is 61.4 Å². The monoisotopic (exact) mass is 335 g/mol. The Morgan fingerprint density at radius 3 is 2.72 bits per heavy atom. The van der Waals surface area contributed by atoms with Crippen LogP contribution in [-0.2, 0) is 10.5 Å². The predicted molar refractivity (Wildman–Crippen MR) is 96.5 cm³/mol. The zero-order valence-corrected chi connectivity index (χ0v) is 14.4. The van der Waals surface area contributed by atoms with E-state index in [1.54, 1.807) is 0 Å². The van der Waals surface area contributed by atoms with Crippen molar-refractivity contribution in [2.24, 2.45) is 0 Å². The molecule has 1 saturated heterocycles. The molecule has 1 amide bonds. The largest absolute Gasteiger partial charge is 0.324 e. The fourth-order valence-electron chi connectivity index (χ4n) is 4.12. The highest BCUT2D eigenvalue weighted by Gasteiger charge is 2.53. The Bertz CT molecular complexity index is 862. The van der Waals surface area contributed by atoms with Gasteiger partial charge >= 0.3 is 0 Å². The molecular weight excluding hydrogens is 314 g/mol. The van der Waals surface area contributed by atoms with Crippen molar-refractivity contribution in [2.45, 2.75) is 25.0 Å². The van der Waals surface area contributed by atoms with Crippen LogP contribution in [0.3, 0.4) is 0 Å². The van der Waals surface area contributed by atoms with Crippen molar-refractivity contribution >= 4 is 17.9 Å². The van der Waals surface area contributed by atoms with Gasteiger partial charge in [-0.1, -0.05) is 36.4 Å². The molecular formula is C20H21N3O2. The standard InChI is InChI=1S/C20H21N3O2/c1-19(2)18(25)22-16-8-5-7-15(12-16)20(21-10-11-23(19)20)17-9-4-3-6-14(17)13-24/h3-9,12-13,21H,10-11H2,1-2H3,(H,22,25). The average Bonchev–Trinajstić information content (AvgIpc) is 3.08. The zero-order chi connectivity index (χ0) is 17.7. The van der Waals surface area contributed by atoms with E-state index in [2.05, 4.69) is 15.5 Å². The van der Waals surface area contributed by atoms with Gasteiger partial charge in [0.2, 0.25) is 5.91 Å². The van der Waals surface area contributed by atoms with Crippen LogP contribution in [-0.4, -0.2) is 35.7 Å². The molecule has 25 heavy (non-hydrogen) atoms. The van der Waals surface area contributed by atoms with Gasteiger partial charge in [0.15, 0.2) is 0 Å². The molecule has 0 radical (unpaired) electrons. The third-order valence-corrected chi connectivity index (χ3v) is 5.37. The van der Waals surface area contributed by atoms with E-state index >= 15 is 0 Å². The number of hydrogen-bond donors (Lipinski definition) is 2. The summed E-state index contributed by atoms with van der Waals surface area (Å²) in [4.78, 5) is 26.8. The molecule has 0 saturated carbocycles. The van der Waals surface area contributed by atoms with E-state index < -0.39 is 11.2 Å². The summed E-state index contributed by atoms with van der Waals surface area (Å²) in [5.41, 5.74) is 1.83. The zero-order valence-electron chi connectivity index (χ0n) is 14.4. The number of nitrogens with zero attached hydrogens (tertiary/aromatic N) is 1. The first-order valence-electron chi connectivity index (χ1n) is 8.49. The summed E-state index contributed by atoms with van der Waals surface area (Å²) in [6.45, 7) is 5.30. The second-order valence-electron chi connectivity index (χ2n) is 7.09. The van der Waals surface area contributed by atoms with Gasteiger partial charge in [-0.2, -0.15) is 0 Å². The molecule has 5 heteroatoms. The van der Waals surface area contributed by atoms with Crippen LogP contribution >= 0.6 is 0 Å². The summed E-state index contributed by atoms with van der Waals surface area (Å²) in [5, 5.41) is 6.61. The Labute approximate surface area is 147 Å². The van der Waals surface area contributed by atoms with Crippen LogP contribution in [0.5, 0.6) is 0 Å². The Balaban J connectivity index is 2.07. The number of rotatable bonds is 2. The van der Waals surface area contributed by atoms with Crippen LogP contribution in [0.15, 0.2) is 48.5 Å². The smallest absolute Gasteiger partial charge is 0.244 e. The van der Waals surface area contributed by atoms with Crippen LogP contribution in [0, 0.1) is 0 Å². The lowest BCUT2D eigenvalue weighted by molar-refractivity contribution is -0.129. The summed E-state index contributed by atoms with van der Waals surface area (Å²) in [5.74, 6) is -0.0546. The molecule has 0 spiro atoms. The third kappa shape index (κ3) is 2.16. The normalized spacial score (nSPS) is 24.8. The molecule has 2 heterocycles. The van der Waals surface area contributed by atoms with Gasteiger partial charge in [0.1, 0.15) is 11.9 Å². The number of anilines is 1. The molecule has 4 rings (SSSR count). The number of carbonyl (C=O) groups is 2. The summed E-state index contributed by atoms with van der Waals surface area (Å²) >= 11 is 0. The van der Waals surface area contributed by atoms with Crippen molar-refractivity contribution in [1.82, 2.24) is 10.2 Å². The number of fused-ring (bicyclic) bond motifs is 4. The lowest BCUT2D eigenvalue weighted by atomic mass is 9.83. The lowest BCUT2D eigenvalue weighted by Crippen LogP contribution is -2.62. The highest BCUT2D eigenvalue weighted by atomic mass is 16.2. The second kappa shape index (κ2) is 5.51. The van der Waals surface area contributed by atoms with Gasteiger partial charge in [-0.15, -0.1) is 0 Å². The Morgan fingerprint density at radius 1 is 1.12 bits per heavy atom. The van der Waals surface area contributed by atoms with Crippen LogP contribution in [0.4, 0.5) is 5.69 Å². The molecule has 2 aliphatic rings. The molecule has 128 valence electrons. The minimum absolute atomic E-state index is 0.0546. The van der Waals surface area contributed by atoms with Crippen LogP contribution < -0.4 is 10.6 Å². The van der Waals surface area contributed by atoms with Crippen molar-refractivity contribution in [3.05, 3.63) is 65.2 Å². The van der Waals surface area contributed by atoms with Crippen LogP contribution in [0.1, 0.15) is 35.3 Å². The molecule has 5 nitrogen and oxygen atoms in total. The molecule has 1 atom stereocenters. The second-order valence-corrected chi connectivity index (χ2v) is 7.09. The molecule has 2 aromatic carbocycles. The highest BCUT2D eigenvalue weighted by molar-refractivity contribution is 5.98. The van der Waals surface area contributed by atoms with Crippen LogP contribution in [0.2, 0.25) is 0 Å². The maximum atomic E-state index is 12.9. The number of carbonyl (C=O) groups excluding carboxylic acids is 2. The first-order chi connectivity index (χ1) is 12.0. The predicted octanol–water partition coefficient (Wildman–Crippen LogP) is 2.34. The molecule has 1 fully saturated rings. The highest BCUT2D eigenvalue weighted by Crippen LogP contribution is 2.43. The third-order valence-electron chi connectivity index (χ3n) is 5.37. The molecule has 2 aromatic rings. The average molecular weight is 335 g/mol. The van der Waals surface area contributed by atoms with E-state index in [1.165, 1.54) is 0 Å². The quantitative estimate of drug-likeness (QED) is 0.827. The summed E-state index contributed by atoms with van der Waals surface area (Å²) in [6, 6.07) is 15.5. The van der Waals surface area contributed by atoms with Gasteiger partial charge in [0.05, 0.1) is 5.54 Å². The van der Waals surface area contributed by atoms with Gasteiger partial charge in [-0.05, 0) is 31.5 Å². The Morgan fingerprint density at radius 2 is 1.92 bits per heavy atom. The number of benzene rings is 2. The van der Waals surface area contributed by atoms with Crippen molar-refractivity contribution in [2.75, 3.05) is 18.4 Å². The fourth-order valence-corrected chi connectivity index (χ4v) is 4.12. The van der Waals surface area contributed by atoms with Gasteiger partial charge in [-0.3, -0.25) is 19.8 Å². The molecule has 2 aliphatic heterocycles. The minimum atomic E-state index is -0.747. The van der Waals surface area contributed by atoms with Gasteiger partial charge in [0, 0.05) is 29.9 Å². The van der Waals surface area contributed by atoms with Crippen LogP contribution in [0.25, 0.3) is 0 Å².